The Morgan fingerprint density at radius 2 is 2.10 bits per heavy atom. The Morgan fingerprint density at radius 3 is 2.67 bits per heavy atom. The van der Waals surface area contributed by atoms with Crippen LogP contribution in [0.4, 0.5) is 18.9 Å². The Hall–Kier alpha value is -1.21. The van der Waals surface area contributed by atoms with Gasteiger partial charge < -0.3 is 4.90 Å². The van der Waals surface area contributed by atoms with Crippen molar-refractivity contribution in [2.24, 2.45) is 0 Å². The van der Waals surface area contributed by atoms with Gasteiger partial charge in [0.15, 0.2) is 5.12 Å². The highest BCUT2D eigenvalue weighted by molar-refractivity contribution is 8.14. The molecule has 0 spiro atoms. The molecule has 0 radical (unpaired) electrons. The van der Waals surface area contributed by atoms with E-state index in [-0.39, 0.29) is 34.0 Å². The van der Waals surface area contributed by atoms with Gasteiger partial charge in [0.25, 0.3) is 0 Å². The lowest BCUT2D eigenvalue weighted by atomic mass is 10.1. The van der Waals surface area contributed by atoms with Crippen molar-refractivity contribution in [3.05, 3.63) is 28.8 Å². The summed E-state index contributed by atoms with van der Waals surface area (Å²) < 4.78 is 39.2. The minimum absolute atomic E-state index is 0.0206. The zero-order valence-electron chi connectivity index (χ0n) is 10.9. The van der Waals surface area contributed by atoms with Crippen LogP contribution in [0.5, 0.6) is 0 Å². The molecule has 1 heterocycles. The van der Waals surface area contributed by atoms with Crippen molar-refractivity contribution < 1.29 is 22.8 Å². The predicted octanol–water partition coefficient (Wildman–Crippen LogP) is 3.74. The largest absolute Gasteiger partial charge is 0.418 e. The summed E-state index contributed by atoms with van der Waals surface area (Å²) in [6.45, 7) is 1.39. The van der Waals surface area contributed by atoms with E-state index in [9.17, 15) is 22.8 Å². The monoisotopic (exact) mass is 337 g/mol. The number of rotatable bonds is 2. The second kappa shape index (κ2) is 5.88. The van der Waals surface area contributed by atoms with Crippen molar-refractivity contribution in [3.8, 4) is 0 Å². The van der Waals surface area contributed by atoms with Gasteiger partial charge in [-0.25, -0.2) is 0 Å². The summed E-state index contributed by atoms with van der Waals surface area (Å²) in [5.41, 5.74) is -1.28. The number of hydrogen-bond donors (Lipinski definition) is 0. The van der Waals surface area contributed by atoms with E-state index < -0.39 is 17.6 Å². The van der Waals surface area contributed by atoms with Crippen LogP contribution in [0.15, 0.2) is 18.2 Å². The van der Waals surface area contributed by atoms with Crippen LogP contribution in [0, 0.1) is 0 Å². The van der Waals surface area contributed by atoms with Gasteiger partial charge in [-0.05, 0) is 12.1 Å². The molecule has 0 N–H and O–H groups in total. The highest BCUT2D eigenvalue weighted by Crippen LogP contribution is 2.42. The third kappa shape index (κ3) is 3.52. The minimum Gasteiger partial charge on any atom is -0.309 e. The van der Waals surface area contributed by atoms with Gasteiger partial charge >= 0.3 is 6.18 Å². The van der Waals surface area contributed by atoms with Crippen molar-refractivity contribution in [3.63, 3.8) is 0 Å². The second-order valence-corrected chi connectivity index (χ2v) is 6.46. The van der Waals surface area contributed by atoms with E-state index in [1.165, 1.54) is 19.1 Å². The summed E-state index contributed by atoms with van der Waals surface area (Å²) in [6, 6.07) is 3.39. The highest BCUT2D eigenvalue weighted by atomic mass is 35.5. The fourth-order valence-corrected chi connectivity index (χ4v) is 3.42. The molecule has 2 rings (SSSR count). The van der Waals surface area contributed by atoms with Crippen molar-refractivity contribution >= 4 is 40.1 Å². The van der Waals surface area contributed by atoms with E-state index in [0.29, 0.717) is 0 Å². The number of thioether (sulfide) groups is 1. The number of nitrogens with zero attached hydrogens (tertiary/aromatic N) is 1. The average Bonchev–Trinajstić information content (AvgIpc) is 2.67. The van der Waals surface area contributed by atoms with Crippen LogP contribution in [0.3, 0.4) is 0 Å². The van der Waals surface area contributed by atoms with E-state index in [1.807, 2.05) is 0 Å². The molecule has 1 aromatic rings. The maximum absolute atomic E-state index is 13.1. The first kappa shape index (κ1) is 16.2. The zero-order chi connectivity index (χ0) is 15.8. The Balaban J connectivity index is 2.38. The van der Waals surface area contributed by atoms with Crippen LogP contribution in [0.2, 0.25) is 5.02 Å². The molecule has 3 nitrogen and oxygen atoms in total. The smallest absolute Gasteiger partial charge is 0.309 e. The molecule has 0 bridgehead atoms. The van der Waals surface area contributed by atoms with E-state index in [0.717, 1.165) is 22.7 Å². The third-order valence-electron chi connectivity index (χ3n) is 2.98. The molecule has 1 amide bonds. The number of carbonyl (C=O) groups is 2. The highest BCUT2D eigenvalue weighted by Gasteiger charge is 2.40. The Labute approximate surface area is 128 Å². The van der Waals surface area contributed by atoms with E-state index >= 15 is 0 Å². The average molecular weight is 338 g/mol. The first-order valence-electron chi connectivity index (χ1n) is 6.03. The van der Waals surface area contributed by atoms with Crippen molar-refractivity contribution in [1.82, 2.24) is 0 Å². The van der Waals surface area contributed by atoms with Crippen LogP contribution < -0.4 is 4.90 Å². The molecular weight excluding hydrogens is 327 g/mol. The second-order valence-electron chi connectivity index (χ2n) is 4.57. The molecular formula is C13H11ClF3NO2S. The SMILES string of the molecule is CC(=O)SC1CC(=O)N(c2c(Cl)cccc2C(F)(F)F)C1. The number of alkyl halides is 3. The molecule has 1 saturated heterocycles. The molecule has 21 heavy (non-hydrogen) atoms. The van der Waals surface area contributed by atoms with Gasteiger partial charge in [0.1, 0.15) is 0 Å². The van der Waals surface area contributed by atoms with E-state index in [4.69, 9.17) is 11.6 Å². The van der Waals surface area contributed by atoms with Crippen molar-refractivity contribution in [2.75, 3.05) is 11.4 Å². The number of halogens is 4. The number of hydrogen-bond acceptors (Lipinski definition) is 3. The summed E-state index contributed by atoms with van der Waals surface area (Å²) in [7, 11) is 0. The zero-order valence-corrected chi connectivity index (χ0v) is 12.5. The topological polar surface area (TPSA) is 37.4 Å². The quantitative estimate of drug-likeness (QED) is 0.825. The summed E-state index contributed by atoms with van der Waals surface area (Å²) >= 11 is 6.82. The Morgan fingerprint density at radius 1 is 1.43 bits per heavy atom. The van der Waals surface area contributed by atoms with Crippen LogP contribution in [-0.4, -0.2) is 22.8 Å². The van der Waals surface area contributed by atoms with Gasteiger partial charge in [0.05, 0.1) is 16.3 Å². The first-order chi connectivity index (χ1) is 9.70. The number of carbonyl (C=O) groups excluding carboxylic acids is 2. The van der Waals surface area contributed by atoms with Crippen LogP contribution in [0.1, 0.15) is 18.9 Å². The maximum Gasteiger partial charge on any atom is 0.418 e. The molecule has 8 heteroatoms. The molecule has 1 atom stereocenters. The van der Waals surface area contributed by atoms with Gasteiger partial charge in [-0.3, -0.25) is 9.59 Å². The van der Waals surface area contributed by atoms with E-state index in [1.54, 1.807) is 0 Å². The lowest BCUT2D eigenvalue weighted by Gasteiger charge is -2.22. The van der Waals surface area contributed by atoms with Gasteiger partial charge in [0, 0.05) is 25.1 Å². The van der Waals surface area contributed by atoms with Crippen LogP contribution in [-0.2, 0) is 15.8 Å². The number of anilines is 1. The molecule has 1 aliphatic rings. The predicted molar refractivity (Wildman–Crippen MR) is 75.5 cm³/mol. The molecule has 1 unspecified atom stereocenters. The van der Waals surface area contributed by atoms with Crippen LogP contribution in [0.25, 0.3) is 0 Å². The molecule has 0 saturated carbocycles. The maximum atomic E-state index is 13.1. The van der Waals surface area contributed by atoms with Gasteiger partial charge in [-0.15, -0.1) is 0 Å². The van der Waals surface area contributed by atoms with Crippen molar-refractivity contribution in [1.29, 1.82) is 0 Å². The van der Waals surface area contributed by atoms with Crippen LogP contribution >= 0.6 is 23.4 Å². The third-order valence-corrected chi connectivity index (χ3v) is 4.27. The van der Waals surface area contributed by atoms with E-state index in [2.05, 4.69) is 0 Å². The summed E-state index contributed by atoms with van der Waals surface area (Å²) in [5.74, 6) is -0.465. The molecule has 1 fully saturated rings. The molecule has 0 aromatic heterocycles. The Bertz CT molecular complexity index is 591. The number of benzene rings is 1. The summed E-state index contributed by atoms with van der Waals surface area (Å²) in [6.07, 6.45) is -4.58. The molecule has 1 aliphatic heterocycles. The first-order valence-corrected chi connectivity index (χ1v) is 7.29. The lowest BCUT2D eigenvalue weighted by molar-refractivity contribution is -0.137. The fourth-order valence-electron chi connectivity index (χ4n) is 2.22. The lowest BCUT2D eigenvalue weighted by Crippen LogP contribution is -2.28. The standard InChI is InChI=1S/C13H11ClF3NO2S/c1-7(19)21-8-5-11(20)18(6-8)12-9(13(15,16)17)3-2-4-10(12)14/h2-4,8H,5-6H2,1H3. The molecule has 1 aromatic carbocycles. The summed E-state index contributed by atoms with van der Waals surface area (Å²) in [4.78, 5) is 24.1. The summed E-state index contributed by atoms with van der Waals surface area (Å²) in [5, 5.41) is -0.663. The minimum atomic E-state index is -4.60. The number of para-hydroxylation sites is 1. The number of amides is 1. The normalized spacial score (nSPS) is 19.2. The molecule has 114 valence electrons. The van der Waals surface area contributed by atoms with Gasteiger partial charge in [-0.1, -0.05) is 29.4 Å². The van der Waals surface area contributed by atoms with Gasteiger partial charge in [0.2, 0.25) is 5.91 Å². The fraction of sp³-hybridized carbons (Fsp3) is 0.385. The molecule has 0 aliphatic carbocycles. The van der Waals surface area contributed by atoms with Gasteiger partial charge in [-0.2, -0.15) is 13.2 Å². The van der Waals surface area contributed by atoms with Crippen molar-refractivity contribution in [2.45, 2.75) is 24.8 Å². The Kier molecular flexibility index (Phi) is 4.53.